The Hall–Kier alpha value is 0.724. The molecular formula is C12H26ClSi2. The summed E-state index contributed by atoms with van der Waals surface area (Å²) >= 11 is 6.50. The lowest BCUT2D eigenvalue weighted by atomic mass is 10.4. The average molecular weight is 262 g/mol. The standard InChI is InChI=1S/C12H26ClSi2/c1-3-5-9-15(10-6-4-2)11-7-8-14(13)12-15/h3-12H2,1-2H3. The minimum Gasteiger partial charge on any atom is -0.169 e. The van der Waals surface area contributed by atoms with E-state index in [4.69, 9.17) is 11.1 Å². The van der Waals surface area contributed by atoms with Gasteiger partial charge >= 0.3 is 0 Å². The average Bonchev–Trinajstić information content (AvgIpc) is 2.24. The molecule has 1 saturated heterocycles. The molecule has 0 saturated carbocycles. The predicted molar refractivity (Wildman–Crippen MR) is 75.8 cm³/mol. The predicted octanol–water partition coefficient (Wildman–Crippen LogP) is 5.21. The summed E-state index contributed by atoms with van der Waals surface area (Å²) in [5, 5.41) is 0. The van der Waals surface area contributed by atoms with Crippen LogP contribution in [-0.2, 0) is 0 Å². The van der Waals surface area contributed by atoms with Crippen LogP contribution < -0.4 is 0 Å². The zero-order valence-corrected chi connectivity index (χ0v) is 13.2. The zero-order valence-electron chi connectivity index (χ0n) is 10.4. The highest BCUT2D eigenvalue weighted by Gasteiger charge is 2.37. The summed E-state index contributed by atoms with van der Waals surface area (Å²) in [7, 11) is -1.30. The Labute approximate surface area is 103 Å². The van der Waals surface area contributed by atoms with Crippen LogP contribution in [-0.4, -0.2) is 16.2 Å². The number of halogens is 1. The Morgan fingerprint density at radius 1 is 1.13 bits per heavy atom. The highest BCUT2D eigenvalue weighted by atomic mass is 35.6. The van der Waals surface area contributed by atoms with Crippen molar-refractivity contribution < 1.29 is 0 Å². The molecular weight excluding hydrogens is 236 g/mol. The summed E-state index contributed by atoms with van der Waals surface area (Å²) < 4.78 is 0. The summed E-state index contributed by atoms with van der Waals surface area (Å²) in [5.41, 5.74) is 1.53. The van der Waals surface area contributed by atoms with E-state index in [1.807, 2.05) is 0 Å². The highest BCUT2D eigenvalue weighted by molar-refractivity contribution is 7.13. The summed E-state index contributed by atoms with van der Waals surface area (Å²) in [4.78, 5) is 0. The molecule has 1 heterocycles. The first-order chi connectivity index (χ1) is 7.22. The second kappa shape index (κ2) is 7.13. The van der Waals surface area contributed by atoms with Gasteiger partial charge < -0.3 is 0 Å². The molecule has 0 aromatic heterocycles. The maximum atomic E-state index is 6.50. The van der Waals surface area contributed by atoms with E-state index in [0.717, 1.165) is 0 Å². The lowest BCUT2D eigenvalue weighted by Gasteiger charge is -2.37. The molecule has 0 amide bonds. The van der Waals surface area contributed by atoms with Crippen molar-refractivity contribution >= 4 is 27.3 Å². The molecule has 1 aliphatic heterocycles. The van der Waals surface area contributed by atoms with Crippen LogP contribution >= 0.6 is 11.1 Å². The van der Waals surface area contributed by atoms with Crippen LogP contribution in [0.2, 0.25) is 29.8 Å². The first kappa shape index (κ1) is 13.8. The van der Waals surface area contributed by atoms with E-state index < -0.39 is 16.2 Å². The molecule has 0 aliphatic carbocycles. The fourth-order valence-electron chi connectivity index (χ4n) is 2.89. The molecule has 1 aliphatic rings. The lowest BCUT2D eigenvalue weighted by molar-refractivity contribution is 0.806. The molecule has 0 nitrogen and oxygen atoms in total. The topological polar surface area (TPSA) is 0 Å². The van der Waals surface area contributed by atoms with E-state index in [1.165, 1.54) is 43.8 Å². The van der Waals surface area contributed by atoms with Crippen molar-refractivity contribution in [3.8, 4) is 0 Å². The number of rotatable bonds is 6. The van der Waals surface area contributed by atoms with Gasteiger partial charge in [-0.15, -0.1) is 0 Å². The fourth-order valence-corrected chi connectivity index (χ4v) is 16.7. The molecule has 0 N–H and O–H groups in total. The zero-order chi connectivity index (χ0) is 11.1. The highest BCUT2D eigenvalue weighted by Crippen LogP contribution is 2.38. The summed E-state index contributed by atoms with van der Waals surface area (Å²) in [6.07, 6.45) is 7.18. The minimum atomic E-state index is -0.874. The van der Waals surface area contributed by atoms with Crippen LogP contribution in [0, 0.1) is 0 Å². The van der Waals surface area contributed by atoms with E-state index in [0.29, 0.717) is 0 Å². The van der Waals surface area contributed by atoms with Gasteiger partial charge in [-0.1, -0.05) is 64.1 Å². The van der Waals surface area contributed by atoms with Gasteiger partial charge in [0.25, 0.3) is 0 Å². The van der Waals surface area contributed by atoms with Gasteiger partial charge in [0, 0.05) is 0 Å². The van der Waals surface area contributed by atoms with E-state index >= 15 is 0 Å². The van der Waals surface area contributed by atoms with Gasteiger partial charge in [-0.3, -0.25) is 0 Å². The van der Waals surface area contributed by atoms with E-state index in [1.54, 1.807) is 18.1 Å². The van der Waals surface area contributed by atoms with Gasteiger partial charge in [-0.2, -0.15) is 11.1 Å². The van der Waals surface area contributed by atoms with Gasteiger partial charge in [-0.05, 0) is 11.7 Å². The quantitative estimate of drug-likeness (QED) is 0.455. The molecule has 3 heteroatoms. The van der Waals surface area contributed by atoms with Gasteiger partial charge in [-0.25, -0.2) is 0 Å². The lowest BCUT2D eigenvalue weighted by Crippen LogP contribution is -2.41. The van der Waals surface area contributed by atoms with E-state index in [2.05, 4.69) is 13.8 Å². The summed E-state index contributed by atoms with van der Waals surface area (Å²) in [6.45, 7) is 4.66. The fraction of sp³-hybridized carbons (Fsp3) is 1.00. The Balaban J connectivity index is 2.49. The summed E-state index contributed by atoms with van der Waals surface area (Å²) in [6, 6.07) is 6.17. The second-order valence-corrected chi connectivity index (χ2v) is 14.3. The SMILES string of the molecule is CCCC[Si]1(CCCC)CCC[Si](Cl)C1. The summed E-state index contributed by atoms with van der Waals surface area (Å²) in [5.74, 6) is 0. The van der Waals surface area contributed by atoms with Crippen LogP contribution in [0.15, 0.2) is 0 Å². The van der Waals surface area contributed by atoms with Crippen LogP contribution in [0.3, 0.4) is 0 Å². The largest absolute Gasteiger partial charge is 0.169 e. The monoisotopic (exact) mass is 261 g/mol. The van der Waals surface area contributed by atoms with E-state index in [-0.39, 0.29) is 0 Å². The molecule has 0 spiro atoms. The third-order valence-electron chi connectivity index (χ3n) is 3.84. The Kier molecular flexibility index (Phi) is 6.55. The molecule has 1 fully saturated rings. The maximum Gasteiger partial charge on any atom is 0.162 e. The first-order valence-corrected chi connectivity index (χ1v) is 12.5. The third-order valence-corrected chi connectivity index (χ3v) is 15.3. The molecule has 0 atom stereocenters. The molecule has 0 unspecified atom stereocenters. The van der Waals surface area contributed by atoms with Gasteiger partial charge in [0.05, 0.1) is 8.07 Å². The van der Waals surface area contributed by atoms with Crippen LogP contribution in [0.1, 0.15) is 46.0 Å². The molecule has 0 bridgehead atoms. The number of unbranched alkanes of at least 4 members (excludes halogenated alkanes) is 2. The normalized spacial score (nSPS) is 21.8. The minimum absolute atomic E-state index is 0.425. The van der Waals surface area contributed by atoms with Crippen molar-refractivity contribution in [2.45, 2.75) is 75.8 Å². The molecule has 15 heavy (non-hydrogen) atoms. The molecule has 89 valence electrons. The Morgan fingerprint density at radius 3 is 2.20 bits per heavy atom. The maximum absolute atomic E-state index is 6.50. The van der Waals surface area contributed by atoms with Crippen molar-refractivity contribution in [3.63, 3.8) is 0 Å². The van der Waals surface area contributed by atoms with Crippen LogP contribution in [0.5, 0.6) is 0 Å². The van der Waals surface area contributed by atoms with Gasteiger partial charge in [0.15, 0.2) is 8.11 Å². The second-order valence-electron chi connectivity index (χ2n) is 5.25. The van der Waals surface area contributed by atoms with Crippen molar-refractivity contribution in [2.24, 2.45) is 0 Å². The van der Waals surface area contributed by atoms with Crippen molar-refractivity contribution in [2.75, 3.05) is 0 Å². The molecule has 1 radical (unpaired) electrons. The Bertz CT molecular complexity index is 165. The van der Waals surface area contributed by atoms with Gasteiger partial charge in [0.1, 0.15) is 0 Å². The first-order valence-electron chi connectivity index (χ1n) is 6.72. The Morgan fingerprint density at radius 2 is 1.73 bits per heavy atom. The van der Waals surface area contributed by atoms with E-state index in [9.17, 15) is 0 Å². The van der Waals surface area contributed by atoms with Crippen LogP contribution in [0.4, 0.5) is 0 Å². The van der Waals surface area contributed by atoms with Crippen molar-refractivity contribution in [1.82, 2.24) is 0 Å². The molecule has 0 aromatic rings. The van der Waals surface area contributed by atoms with Crippen molar-refractivity contribution in [3.05, 3.63) is 0 Å². The van der Waals surface area contributed by atoms with Crippen LogP contribution in [0.25, 0.3) is 0 Å². The number of hydrogen-bond acceptors (Lipinski definition) is 0. The van der Waals surface area contributed by atoms with Crippen molar-refractivity contribution in [1.29, 1.82) is 0 Å². The third kappa shape index (κ3) is 4.62. The number of hydrogen-bond donors (Lipinski definition) is 0. The van der Waals surface area contributed by atoms with Gasteiger partial charge in [0.2, 0.25) is 0 Å². The molecule has 1 rings (SSSR count). The smallest absolute Gasteiger partial charge is 0.162 e. The molecule has 0 aromatic carbocycles.